The van der Waals surface area contributed by atoms with E-state index in [4.69, 9.17) is 0 Å². The molecule has 0 aliphatic heterocycles. The first-order valence-electron chi connectivity index (χ1n) is 17.1. The lowest BCUT2D eigenvalue weighted by Crippen LogP contribution is -2.50. The number of carboxylic acids is 1. The van der Waals surface area contributed by atoms with Gasteiger partial charge in [0.15, 0.2) is 0 Å². The Labute approximate surface area is 235 Å². The van der Waals surface area contributed by atoms with Gasteiger partial charge in [-0.3, -0.25) is 0 Å². The third kappa shape index (κ3) is 29.8. The molecule has 0 spiro atoms. The molecule has 0 saturated heterocycles. The van der Waals surface area contributed by atoms with Gasteiger partial charge in [-0.1, -0.05) is 150 Å². The van der Waals surface area contributed by atoms with Gasteiger partial charge in [0, 0.05) is 5.97 Å². The molecule has 0 rings (SSSR count). The normalized spacial score (nSPS) is 11.4. The number of hydrogen-bond acceptors (Lipinski definition) is 2. The zero-order valence-electron chi connectivity index (χ0n) is 26.6. The second-order valence-corrected chi connectivity index (χ2v) is 11.7. The molecule has 0 saturated carbocycles. The van der Waals surface area contributed by atoms with Gasteiger partial charge in [0.25, 0.3) is 0 Å². The first kappa shape index (κ1) is 38.6. The molecule has 0 radical (unpaired) electrons. The van der Waals surface area contributed by atoms with Gasteiger partial charge in [0.1, 0.15) is 0 Å². The van der Waals surface area contributed by atoms with Crippen LogP contribution in [0.1, 0.15) is 189 Å². The Balaban J connectivity index is 0. The van der Waals surface area contributed by atoms with Gasteiger partial charge >= 0.3 is 0 Å². The van der Waals surface area contributed by atoms with Crippen molar-refractivity contribution in [3.05, 3.63) is 0 Å². The molecule has 0 aliphatic carbocycles. The fourth-order valence-corrected chi connectivity index (χ4v) is 5.29. The van der Waals surface area contributed by atoms with Crippen molar-refractivity contribution in [3.8, 4) is 0 Å². The molecule has 3 nitrogen and oxygen atoms in total. The summed E-state index contributed by atoms with van der Waals surface area (Å²) in [5.74, 6) is -0.903. The van der Waals surface area contributed by atoms with E-state index in [-0.39, 0.29) is 6.42 Å². The Morgan fingerprint density at radius 3 is 0.892 bits per heavy atom. The standard InChI is InChI=1S/C18H36O2.C16H36N/c1-2-3-4-5-6-7-8-9-10-11-12-13-14-15-16-17-18(19)20;1-5-9-13-17(14-10-6-2,15-11-7-3)16-12-8-4/h2-17H2,1H3,(H,19,20);5-16H2,1-4H3/q;+1/p-1. The van der Waals surface area contributed by atoms with Crippen LogP contribution in [0.5, 0.6) is 0 Å². The molecule has 0 fully saturated rings. The maximum absolute atomic E-state index is 10.2. The second kappa shape index (κ2) is 31.6. The molecule has 0 aliphatic rings. The van der Waals surface area contributed by atoms with Gasteiger partial charge in [-0.15, -0.1) is 0 Å². The van der Waals surface area contributed by atoms with E-state index in [0.29, 0.717) is 0 Å². The van der Waals surface area contributed by atoms with Crippen molar-refractivity contribution in [1.82, 2.24) is 0 Å². The molecular weight excluding hydrogens is 454 g/mol. The van der Waals surface area contributed by atoms with Crippen LogP contribution in [0.3, 0.4) is 0 Å². The van der Waals surface area contributed by atoms with Gasteiger partial charge in [-0.2, -0.15) is 0 Å². The SMILES string of the molecule is CCCCCCCCCCCCCCCCCC(=O)[O-].CCCC[N+](CCCC)(CCCC)CCCC. The van der Waals surface area contributed by atoms with E-state index >= 15 is 0 Å². The van der Waals surface area contributed by atoms with Crippen molar-refractivity contribution < 1.29 is 14.4 Å². The molecular formula is C34H71NO2. The minimum atomic E-state index is -0.903. The summed E-state index contributed by atoms with van der Waals surface area (Å²) < 4.78 is 1.42. The van der Waals surface area contributed by atoms with E-state index in [2.05, 4.69) is 34.6 Å². The van der Waals surface area contributed by atoms with Gasteiger partial charge < -0.3 is 14.4 Å². The lowest BCUT2D eigenvalue weighted by Gasteiger charge is -2.39. The molecule has 0 amide bonds. The zero-order valence-corrected chi connectivity index (χ0v) is 26.6. The van der Waals surface area contributed by atoms with Crippen LogP contribution in [0.15, 0.2) is 0 Å². The Morgan fingerprint density at radius 1 is 0.405 bits per heavy atom. The van der Waals surface area contributed by atoms with Crippen LogP contribution in [0, 0.1) is 0 Å². The summed E-state index contributed by atoms with van der Waals surface area (Å²) in [7, 11) is 0. The van der Waals surface area contributed by atoms with Gasteiger partial charge in [0.05, 0.1) is 26.2 Å². The zero-order chi connectivity index (χ0) is 27.9. The van der Waals surface area contributed by atoms with E-state index in [1.54, 1.807) is 0 Å². The van der Waals surface area contributed by atoms with Crippen LogP contribution >= 0.6 is 0 Å². The molecule has 0 atom stereocenters. The summed E-state index contributed by atoms with van der Waals surface area (Å²) in [5.41, 5.74) is 0. The van der Waals surface area contributed by atoms with Crippen molar-refractivity contribution in [1.29, 1.82) is 0 Å². The van der Waals surface area contributed by atoms with E-state index in [1.165, 1.54) is 165 Å². The molecule has 0 aromatic rings. The van der Waals surface area contributed by atoms with Crippen LogP contribution in [0.4, 0.5) is 0 Å². The summed E-state index contributed by atoms with van der Waals surface area (Å²) in [6, 6.07) is 0. The van der Waals surface area contributed by atoms with E-state index in [1.807, 2.05) is 0 Å². The molecule has 3 heteroatoms. The predicted octanol–water partition coefficient (Wildman–Crippen LogP) is 10.0. The van der Waals surface area contributed by atoms with Crippen LogP contribution in [0.25, 0.3) is 0 Å². The van der Waals surface area contributed by atoms with Crippen molar-refractivity contribution in [3.63, 3.8) is 0 Å². The van der Waals surface area contributed by atoms with Crippen LogP contribution in [-0.4, -0.2) is 36.6 Å². The van der Waals surface area contributed by atoms with Gasteiger partial charge in [-0.25, -0.2) is 0 Å². The number of unbranched alkanes of at least 4 members (excludes halogenated alkanes) is 18. The van der Waals surface area contributed by atoms with Crippen molar-refractivity contribution >= 4 is 5.97 Å². The molecule has 0 N–H and O–H groups in total. The lowest BCUT2D eigenvalue weighted by molar-refractivity contribution is -0.929. The molecule has 0 bridgehead atoms. The number of carbonyl (C=O) groups excluding carboxylic acids is 1. The van der Waals surface area contributed by atoms with Gasteiger partial charge in [0.2, 0.25) is 0 Å². The van der Waals surface area contributed by atoms with Crippen LogP contribution < -0.4 is 5.11 Å². The highest BCUT2D eigenvalue weighted by atomic mass is 16.4. The first-order valence-corrected chi connectivity index (χ1v) is 17.1. The highest BCUT2D eigenvalue weighted by molar-refractivity contribution is 5.64. The maximum atomic E-state index is 10.2. The monoisotopic (exact) mass is 526 g/mol. The van der Waals surface area contributed by atoms with Crippen LogP contribution in [0.2, 0.25) is 0 Å². The number of aliphatic carboxylic acids is 1. The minimum Gasteiger partial charge on any atom is -0.550 e. The van der Waals surface area contributed by atoms with E-state index in [0.717, 1.165) is 12.8 Å². The van der Waals surface area contributed by atoms with Crippen LogP contribution in [-0.2, 0) is 4.79 Å². The summed E-state index contributed by atoms with van der Waals surface area (Å²) >= 11 is 0. The fourth-order valence-electron chi connectivity index (χ4n) is 5.29. The minimum absolute atomic E-state index is 0.234. The first-order chi connectivity index (χ1) is 18.0. The quantitative estimate of drug-likeness (QED) is 0.0753. The summed E-state index contributed by atoms with van der Waals surface area (Å²) in [4.78, 5) is 10.2. The van der Waals surface area contributed by atoms with Crippen molar-refractivity contribution in [2.75, 3.05) is 26.2 Å². The molecule has 0 heterocycles. The Kier molecular flexibility index (Phi) is 33.0. The maximum Gasteiger partial charge on any atom is 0.0786 e. The average molecular weight is 526 g/mol. The number of carboxylic acid groups (broad SMARTS) is 1. The summed E-state index contributed by atoms with van der Waals surface area (Å²) in [5, 5.41) is 10.2. The number of nitrogens with zero attached hydrogens (tertiary/aromatic N) is 1. The Hall–Kier alpha value is -0.570. The number of hydrogen-bond donors (Lipinski definition) is 0. The average Bonchev–Trinajstić information content (AvgIpc) is 2.90. The molecule has 0 aromatic carbocycles. The predicted molar refractivity (Wildman–Crippen MR) is 164 cm³/mol. The summed E-state index contributed by atoms with van der Waals surface area (Å²) in [6.07, 6.45) is 30.9. The number of rotatable bonds is 28. The highest BCUT2D eigenvalue weighted by Gasteiger charge is 2.24. The van der Waals surface area contributed by atoms with E-state index in [9.17, 15) is 9.90 Å². The number of quaternary nitrogens is 1. The Morgan fingerprint density at radius 2 is 0.649 bits per heavy atom. The highest BCUT2D eigenvalue weighted by Crippen LogP contribution is 2.17. The smallest absolute Gasteiger partial charge is 0.0786 e. The van der Waals surface area contributed by atoms with Crippen molar-refractivity contribution in [2.45, 2.75) is 189 Å². The van der Waals surface area contributed by atoms with Crippen molar-refractivity contribution in [2.24, 2.45) is 0 Å². The molecule has 0 unspecified atom stereocenters. The summed E-state index contributed by atoms with van der Waals surface area (Å²) in [6.45, 7) is 17.3. The Bertz CT molecular complexity index is 400. The number of carbonyl (C=O) groups is 1. The third-order valence-electron chi connectivity index (χ3n) is 7.93. The lowest BCUT2D eigenvalue weighted by atomic mass is 10.0. The molecule has 37 heavy (non-hydrogen) atoms. The van der Waals surface area contributed by atoms with Gasteiger partial charge in [-0.05, 0) is 38.5 Å². The topological polar surface area (TPSA) is 40.1 Å². The largest absolute Gasteiger partial charge is 0.550 e. The second-order valence-electron chi connectivity index (χ2n) is 11.7. The van der Waals surface area contributed by atoms with E-state index < -0.39 is 5.97 Å². The fraction of sp³-hybridized carbons (Fsp3) is 0.971. The third-order valence-corrected chi connectivity index (χ3v) is 7.93. The molecule has 224 valence electrons. The molecule has 0 aromatic heterocycles.